The van der Waals surface area contributed by atoms with Gasteiger partial charge in [-0.1, -0.05) is 6.08 Å². The highest BCUT2D eigenvalue weighted by molar-refractivity contribution is 5.75. The van der Waals surface area contributed by atoms with Crippen LogP contribution < -0.4 is 0 Å². The van der Waals surface area contributed by atoms with Crippen molar-refractivity contribution < 1.29 is 14.3 Å². The summed E-state index contributed by atoms with van der Waals surface area (Å²) in [7, 11) is 1.71. The molecule has 16 heavy (non-hydrogen) atoms. The van der Waals surface area contributed by atoms with Gasteiger partial charge in [0.05, 0.1) is 0 Å². The van der Waals surface area contributed by atoms with E-state index in [0.717, 1.165) is 18.3 Å². The van der Waals surface area contributed by atoms with E-state index in [0.29, 0.717) is 6.42 Å². The number of hydrogen-bond donors (Lipinski definition) is 0. The molecule has 0 radical (unpaired) electrons. The van der Waals surface area contributed by atoms with Gasteiger partial charge in [0.2, 0.25) is 0 Å². The fraction of sp³-hybridized carbons (Fsp3) is 0.667. The second-order valence-corrected chi connectivity index (χ2v) is 5.08. The average Bonchev–Trinajstić information content (AvgIpc) is 2.61. The van der Waals surface area contributed by atoms with E-state index in [1.807, 2.05) is 26.8 Å². The Labute approximate surface area is 96.3 Å². The van der Waals surface area contributed by atoms with E-state index in [1.54, 1.807) is 11.9 Å². The van der Waals surface area contributed by atoms with Crippen molar-refractivity contribution in [2.24, 2.45) is 0 Å². The molecule has 0 N–H and O–H groups in total. The van der Waals surface area contributed by atoms with Gasteiger partial charge in [0, 0.05) is 13.1 Å². The standard InChI is InChI=1S/C12H19NO3/c1-12(2,3)16-11(15)13(4)10-6-5-9(7-10)8-14/h5,8,10H,6-7H2,1-4H3. The first kappa shape index (κ1) is 12.7. The Balaban J connectivity index is 2.50. The van der Waals surface area contributed by atoms with Crippen molar-refractivity contribution in [3.05, 3.63) is 11.6 Å². The molecule has 1 unspecified atom stereocenters. The predicted octanol–water partition coefficient (Wildman–Crippen LogP) is 2.14. The van der Waals surface area contributed by atoms with Gasteiger partial charge in [-0.3, -0.25) is 4.79 Å². The summed E-state index contributed by atoms with van der Waals surface area (Å²) in [4.78, 5) is 23.9. The van der Waals surface area contributed by atoms with E-state index < -0.39 is 5.60 Å². The first-order chi connectivity index (χ1) is 7.33. The lowest BCUT2D eigenvalue weighted by Gasteiger charge is -2.28. The van der Waals surface area contributed by atoms with E-state index in [-0.39, 0.29) is 12.1 Å². The molecule has 4 nitrogen and oxygen atoms in total. The maximum absolute atomic E-state index is 11.7. The van der Waals surface area contributed by atoms with Crippen LogP contribution in [0.2, 0.25) is 0 Å². The Bertz CT molecular complexity index is 315. The molecule has 1 rings (SSSR count). The molecule has 0 heterocycles. The molecule has 0 aromatic carbocycles. The van der Waals surface area contributed by atoms with Crippen molar-refractivity contribution in [1.82, 2.24) is 4.90 Å². The van der Waals surface area contributed by atoms with E-state index in [9.17, 15) is 9.59 Å². The van der Waals surface area contributed by atoms with Gasteiger partial charge < -0.3 is 9.64 Å². The Morgan fingerprint density at radius 3 is 2.62 bits per heavy atom. The zero-order valence-electron chi connectivity index (χ0n) is 10.3. The quantitative estimate of drug-likeness (QED) is 0.676. The molecular formula is C12H19NO3. The zero-order chi connectivity index (χ0) is 12.3. The maximum Gasteiger partial charge on any atom is 0.410 e. The Kier molecular flexibility index (Phi) is 3.73. The smallest absolute Gasteiger partial charge is 0.410 e. The highest BCUT2D eigenvalue weighted by atomic mass is 16.6. The van der Waals surface area contributed by atoms with Gasteiger partial charge in [-0.05, 0) is 39.2 Å². The molecular weight excluding hydrogens is 206 g/mol. The van der Waals surface area contributed by atoms with Crippen LogP contribution in [0, 0.1) is 0 Å². The number of hydrogen-bond acceptors (Lipinski definition) is 3. The number of carbonyl (C=O) groups excluding carboxylic acids is 2. The minimum atomic E-state index is -0.481. The molecule has 0 saturated heterocycles. The molecule has 1 aliphatic carbocycles. The summed E-state index contributed by atoms with van der Waals surface area (Å²) in [5, 5.41) is 0. The minimum Gasteiger partial charge on any atom is -0.444 e. The van der Waals surface area contributed by atoms with Gasteiger partial charge >= 0.3 is 6.09 Å². The second-order valence-electron chi connectivity index (χ2n) is 5.08. The highest BCUT2D eigenvalue weighted by Gasteiger charge is 2.27. The molecule has 0 bridgehead atoms. The van der Waals surface area contributed by atoms with Crippen molar-refractivity contribution in [3.8, 4) is 0 Å². The average molecular weight is 225 g/mol. The maximum atomic E-state index is 11.7. The van der Waals surface area contributed by atoms with Crippen LogP contribution in [-0.2, 0) is 9.53 Å². The summed E-state index contributed by atoms with van der Waals surface area (Å²) in [6, 6.07) is 0.0510. The third kappa shape index (κ3) is 3.36. The molecule has 4 heteroatoms. The summed E-state index contributed by atoms with van der Waals surface area (Å²) >= 11 is 0. The molecule has 0 fully saturated rings. The van der Waals surface area contributed by atoms with Crippen LogP contribution in [0.4, 0.5) is 4.79 Å². The van der Waals surface area contributed by atoms with Crippen LogP contribution in [-0.4, -0.2) is 36.0 Å². The largest absolute Gasteiger partial charge is 0.444 e. The van der Waals surface area contributed by atoms with E-state index in [2.05, 4.69) is 0 Å². The number of amides is 1. The van der Waals surface area contributed by atoms with Gasteiger partial charge in [-0.2, -0.15) is 0 Å². The molecule has 1 aliphatic rings. The first-order valence-electron chi connectivity index (χ1n) is 5.43. The van der Waals surface area contributed by atoms with E-state index in [1.165, 1.54) is 0 Å². The number of nitrogens with zero attached hydrogens (tertiary/aromatic N) is 1. The number of ether oxygens (including phenoxy) is 1. The van der Waals surface area contributed by atoms with Crippen LogP contribution in [0.1, 0.15) is 33.6 Å². The number of rotatable bonds is 2. The normalized spacial score (nSPS) is 20.2. The number of carbonyl (C=O) groups is 2. The van der Waals surface area contributed by atoms with Crippen molar-refractivity contribution >= 4 is 12.4 Å². The molecule has 1 atom stereocenters. The fourth-order valence-electron chi connectivity index (χ4n) is 1.60. The molecule has 0 aromatic heterocycles. The van der Waals surface area contributed by atoms with Crippen LogP contribution in [0.5, 0.6) is 0 Å². The third-order valence-electron chi connectivity index (χ3n) is 2.50. The van der Waals surface area contributed by atoms with E-state index in [4.69, 9.17) is 4.74 Å². The molecule has 0 spiro atoms. The summed E-state index contributed by atoms with van der Waals surface area (Å²) in [6.07, 6.45) is 3.74. The topological polar surface area (TPSA) is 46.6 Å². The van der Waals surface area contributed by atoms with Gasteiger partial charge in [-0.15, -0.1) is 0 Å². The summed E-state index contributed by atoms with van der Waals surface area (Å²) in [5.41, 5.74) is 0.283. The Morgan fingerprint density at radius 1 is 1.56 bits per heavy atom. The minimum absolute atomic E-state index is 0.0510. The summed E-state index contributed by atoms with van der Waals surface area (Å²) < 4.78 is 5.26. The predicted molar refractivity (Wildman–Crippen MR) is 61.2 cm³/mol. The van der Waals surface area contributed by atoms with Crippen LogP contribution in [0.25, 0.3) is 0 Å². The second kappa shape index (κ2) is 4.68. The summed E-state index contributed by atoms with van der Waals surface area (Å²) in [6.45, 7) is 5.51. The SMILES string of the molecule is CN(C(=O)OC(C)(C)C)C1CC=C(C=O)C1. The van der Waals surface area contributed by atoms with Gasteiger partial charge in [-0.25, -0.2) is 4.79 Å². The monoisotopic (exact) mass is 225 g/mol. The van der Waals surface area contributed by atoms with Gasteiger partial charge in [0.1, 0.15) is 11.9 Å². The van der Waals surface area contributed by atoms with Crippen molar-refractivity contribution in [2.45, 2.75) is 45.3 Å². The highest BCUT2D eigenvalue weighted by Crippen LogP contribution is 2.22. The summed E-state index contributed by atoms with van der Waals surface area (Å²) in [5.74, 6) is 0. The Hall–Kier alpha value is -1.32. The van der Waals surface area contributed by atoms with Crippen molar-refractivity contribution in [3.63, 3.8) is 0 Å². The van der Waals surface area contributed by atoms with Gasteiger partial charge in [0.15, 0.2) is 0 Å². The fourth-order valence-corrected chi connectivity index (χ4v) is 1.60. The zero-order valence-corrected chi connectivity index (χ0v) is 10.3. The van der Waals surface area contributed by atoms with Crippen LogP contribution in [0.3, 0.4) is 0 Å². The lowest BCUT2D eigenvalue weighted by molar-refractivity contribution is -0.105. The van der Waals surface area contributed by atoms with Crippen LogP contribution in [0.15, 0.2) is 11.6 Å². The molecule has 1 amide bonds. The lowest BCUT2D eigenvalue weighted by Crippen LogP contribution is -2.39. The first-order valence-corrected chi connectivity index (χ1v) is 5.43. The Morgan fingerprint density at radius 2 is 2.19 bits per heavy atom. The molecule has 0 aliphatic heterocycles. The molecule has 0 aromatic rings. The van der Waals surface area contributed by atoms with E-state index >= 15 is 0 Å². The van der Waals surface area contributed by atoms with Crippen molar-refractivity contribution in [2.75, 3.05) is 7.05 Å². The van der Waals surface area contributed by atoms with Crippen molar-refractivity contribution in [1.29, 1.82) is 0 Å². The lowest BCUT2D eigenvalue weighted by atomic mass is 10.2. The molecule has 0 saturated carbocycles. The third-order valence-corrected chi connectivity index (χ3v) is 2.50. The molecule has 90 valence electrons. The number of aldehydes is 1. The van der Waals surface area contributed by atoms with Gasteiger partial charge in [0.25, 0.3) is 0 Å². The van der Waals surface area contributed by atoms with Crippen LogP contribution >= 0.6 is 0 Å².